The molecule has 0 bridgehead atoms. The summed E-state index contributed by atoms with van der Waals surface area (Å²) in [6.07, 6.45) is -0.445. The first-order chi connectivity index (χ1) is 18.9. The molecule has 1 heterocycles. The maximum absolute atomic E-state index is 12.8. The number of hydrogen-bond acceptors (Lipinski definition) is 8. The van der Waals surface area contributed by atoms with Gasteiger partial charge >= 0.3 is 0 Å². The molecule has 11 heteroatoms. The fourth-order valence-corrected chi connectivity index (χ4v) is 4.55. The lowest BCUT2D eigenvalue weighted by Gasteiger charge is -2.17. The molecule has 202 valence electrons. The van der Waals surface area contributed by atoms with Crippen LogP contribution in [0.3, 0.4) is 0 Å². The summed E-state index contributed by atoms with van der Waals surface area (Å²) in [6, 6.07) is 22.0. The first kappa shape index (κ1) is 27.5. The molecule has 0 aliphatic heterocycles. The van der Waals surface area contributed by atoms with E-state index in [1.54, 1.807) is 31.4 Å². The van der Waals surface area contributed by atoms with E-state index in [1.165, 1.54) is 25.8 Å². The summed E-state index contributed by atoms with van der Waals surface area (Å²) in [7, 11) is 3.11. The van der Waals surface area contributed by atoms with Gasteiger partial charge in [0.1, 0.15) is 17.2 Å². The van der Waals surface area contributed by atoms with Gasteiger partial charge in [-0.15, -0.1) is 10.2 Å². The highest BCUT2D eigenvalue weighted by Gasteiger charge is 2.22. The van der Waals surface area contributed by atoms with Gasteiger partial charge in [-0.2, -0.15) is 0 Å². The molecule has 10 nitrogen and oxygen atoms in total. The Bertz CT molecular complexity index is 1440. The Balaban J connectivity index is 1.51. The molecule has 3 aromatic carbocycles. The normalized spacial score (nSPS) is 11.4. The summed E-state index contributed by atoms with van der Waals surface area (Å²) >= 11 is 1.25. The number of anilines is 2. The summed E-state index contributed by atoms with van der Waals surface area (Å²) in [5.41, 5.74) is 1.83. The van der Waals surface area contributed by atoms with Gasteiger partial charge < -0.3 is 24.8 Å². The zero-order valence-corrected chi connectivity index (χ0v) is 22.8. The number of benzene rings is 3. The molecule has 0 aliphatic carbocycles. The number of carbonyl (C=O) groups is 2. The Morgan fingerprint density at radius 3 is 2.41 bits per heavy atom. The first-order valence-electron chi connectivity index (χ1n) is 12.1. The van der Waals surface area contributed by atoms with Crippen LogP contribution < -0.4 is 24.8 Å². The molecular formula is C28H29N5O5S. The van der Waals surface area contributed by atoms with Crippen LogP contribution in [0, 0.1) is 0 Å². The average molecular weight is 548 g/mol. The number of nitrogens with zero attached hydrogens (tertiary/aromatic N) is 3. The monoisotopic (exact) mass is 547 g/mol. The lowest BCUT2D eigenvalue weighted by atomic mass is 10.2. The van der Waals surface area contributed by atoms with E-state index in [4.69, 9.17) is 14.2 Å². The molecule has 2 amide bonds. The summed E-state index contributed by atoms with van der Waals surface area (Å²) in [6.45, 7) is 3.29. The van der Waals surface area contributed by atoms with Gasteiger partial charge in [0.15, 0.2) is 17.1 Å². The molecule has 0 aliphatic rings. The molecule has 2 N–H and O–H groups in total. The fourth-order valence-electron chi connectivity index (χ4n) is 3.79. The Kier molecular flexibility index (Phi) is 9.06. The van der Waals surface area contributed by atoms with Crippen LogP contribution in [0.2, 0.25) is 0 Å². The summed E-state index contributed by atoms with van der Waals surface area (Å²) in [5, 5.41) is 14.9. The highest BCUT2D eigenvalue weighted by Crippen LogP contribution is 2.30. The first-order valence-corrected chi connectivity index (χ1v) is 13.1. The van der Waals surface area contributed by atoms with Gasteiger partial charge in [-0.05, 0) is 49.4 Å². The van der Waals surface area contributed by atoms with Crippen molar-refractivity contribution < 1.29 is 23.8 Å². The predicted molar refractivity (Wildman–Crippen MR) is 150 cm³/mol. The molecule has 0 radical (unpaired) electrons. The van der Waals surface area contributed by atoms with E-state index in [9.17, 15) is 9.59 Å². The SMILES string of the molecule is COc1cccc(OC(C)c2nnc(SCC(=O)Nc3ccc(OC)c(NC(C)=O)c3)n2-c2ccccc2)c1. The van der Waals surface area contributed by atoms with Crippen LogP contribution in [-0.4, -0.2) is 46.6 Å². The zero-order valence-electron chi connectivity index (χ0n) is 22.0. The van der Waals surface area contributed by atoms with E-state index in [-0.39, 0.29) is 17.6 Å². The minimum Gasteiger partial charge on any atom is -0.497 e. The predicted octanol–water partition coefficient (Wildman–Crippen LogP) is 5.11. The van der Waals surface area contributed by atoms with Crippen LogP contribution in [0.5, 0.6) is 17.2 Å². The Morgan fingerprint density at radius 2 is 1.69 bits per heavy atom. The van der Waals surface area contributed by atoms with Crippen molar-refractivity contribution in [3.8, 4) is 22.9 Å². The molecule has 0 spiro atoms. The Morgan fingerprint density at radius 1 is 0.923 bits per heavy atom. The highest BCUT2D eigenvalue weighted by atomic mass is 32.2. The quantitative estimate of drug-likeness (QED) is 0.249. The van der Waals surface area contributed by atoms with Gasteiger partial charge in [0.25, 0.3) is 0 Å². The molecule has 1 aromatic heterocycles. The van der Waals surface area contributed by atoms with Gasteiger partial charge in [0.2, 0.25) is 11.8 Å². The number of methoxy groups -OCH3 is 2. The number of rotatable bonds is 11. The molecule has 4 rings (SSSR count). The number of carbonyl (C=O) groups excluding carboxylic acids is 2. The number of amides is 2. The standard InChI is InChI=1S/C28H29N5O5S/c1-18(38-23-12-8-11-22(16-23)36-3)27-31-32-28(33(27)21-9-6-5-7-10-21)39-17-26(35)30-20-13-14-25(37-4)24(15-20)29-19(2)34/h5-16,18H,17H2,1-4H3,(H,29,34)(H,30,35). The van der Waals surface area contributed by atoms with Crippen molar-refractivity contribution in [2.24, 2.45) is 0 Å². The highest BCUT2D eigenvalue weighted by molar-refractivity contribution is 7.99. The molecule has 1 unspecified atom stereocenters. The number of aromatic nitrogens is 3. The summed E-state index contributed by atoms with van der Waals surface area (Å²) in [5.74, 6) is 1.99. The van der Waals surface area contributed by atoms with E-state index in [1.807, 2.05) is 60.0 Å². The third kappa shape index (κ3) is 7.08. The maximum Gasteiger partial charge on any atom is 0.234 e. The smallest absolute Gasteiger partial charge is 0.234 e. The second-order valence-corrected chi connectivity index (χ2v) is 9.33. The number of para-hydroxylation sites is 1. The van der Waals surface area contributed by atoms with Gasteiger partial charge in [-0.1, -0.05) is 36.0 Å². The van der Waals surface area contributed by atoms with Crippen molar-refractivity contribution in [1.29, 1.82) is 0 Å². The van der Waals surface area contributed by atoms with E-state index in [2.05, 4.69) is 20.8 Å². The second kappa shape index (κ2) is 12.8. The number of thioether (sulfide) groups is 1. The van der Waals surface area contributed by atoms with Crippen molar-refractivity contribution in [3.63, 3.8) is 0 Å². The summed E-state index contributed by atoms with van der Waals surface area (Å²) < 4.78 is 18.6. The van der Waals surface area contributed by atoms with Crippen LogP contribution in [0.4, 0.5) is 11.4 Å². The van der Waals surface area contributed by atoms with Gasteiger partial charge in [0.05, 0.1) is 25.7 Å². The third-order valence-corrected chi connectivity index (χ3v) is 6.45. The van der Waals surface area contributed by atoms with Crippen molar-refractivity contribution in [1.82, 2.24) is 14.8 Å². The van der Waals surface area contributed by atoms with Crippen LogP contribution in [0.25, 0.3) is 5.69 Å². The maximum atomic E-state index is 12.8. The van der Waals surface area contributed by atoms with E-state index < -0.39 is 6.10 Å². The average Bonchev–Trinajstić information content (AvgIpc) is 3.36. The molecule has 0 saturated carbocycles. The second-order valence-electron chi connectivity index (χ2n) is 8.38. The van der Waals surface area contributed by atoms with Crippen LogP contribution >= 0.6 is 11.8 Å². The largest absolute Gasteiger partial charge is 0.497 e. The van der Waals surface area contributed by atoms with Gasteiger partial charge in [-0.3, -0.25) is 14.2 Å². The minimum atomic E-state index is -0.445. The third-order valence-electron chi connectivity index (χ3n) is 5.52. The van der Waals surface area contributed by atoms with Crippen molar-refractivity contribution in [3.05, 3.63) is 78.6 Å². The molecule has 4 aromatic rings. The molecule has 0 saturated heterocycles. The molecule has 1 atom stereocenters. The topological polar surface area (TPSA) is 117 Å². The van der Waals surface area contributed by atoms with Crippen molar-refractivity contribution in [2.45, 2.75) is 25.1 Å². The van der Waals surface area contributed by atoms with E-state index in [0.29, 0.717) is 39.6 Å². The number of hydrogen-bond donors (Lipinski definition) is 2. The zero-order chi connectivity index (χ0) is 27.8. The van der Waals surface area contributed by atoms with Crippen molar-refractivity contribution in [2.75, 3.05) is 30.6 Å². The number of ether oxygens (including phenoxy) is 3. The molecular weight excluding hydrogens is 518 g/mol. The van der Waals surface area contributed by atoms with Crippen LogP contribution in [0.1, 0.15) is 25.8 Å². The number of nitrogens with one attached hydrogen (secondary N) is 2. The van der Waals surface area contributed by atoms with E-state index in [0.717, 1.165) is 5.69 Å². The molecule has 39 heavy (non-hydrogen) atoms. The summed E-state index contributed by atoms with van der Waals surface area (Å²) in [4.78, 5) is 24.3. The fraction of sp³-hybridized carbons (Fsp3) is 0.214. The Hall–Kier alpha value is -4.51. The van der Waals surface area contributed by atoms with Gasteiger partial charge in [-0.25, -0.2) is 0 Å². The van der Waals surface area contributed by atoms with Crippen LogP contribution in [-0.2, 0) is 9.59 Å². The molecule has 0 fully saturated rings. The van der Waals surface area contributed by atoms with Crippen molar-refractivity contribution >= 4 is 35.0 Å². The van der Waals surface area contributed by atoms with E-state index >= 15 is 0 Å². The van der Waals surface area contributed by atoms with Crippen LogP contribution in [0.15, 0.2) is 78.0 Å². The lowest BCUT2D eigenvalue weighted by molar-refractivity contribution is -0.114. The van der Waals surface area contributed by atoms with Gasteiger partial charge in [0, 0.05) is 24.4 Å². The Labute approximate surface area is 230 Å². The lowest BCUT2D eigenvalue weighted by Crippen LogP contribution is -2.16. The minimum absolute atomic E-state index is 0.0809.